The van der Waals surface area contributed by atoms with Gasteiger partial charge in [-0.3, -0.25) is 9.48 Å². The normalized spacial score (nSPS) is 24.1. The molecule has 0 bridgehead atoms. The highest BCUT2D eigenvalue weighted by molar-refractivity contribution is 5.76. The molecule has 1 saturated heterocycles. The lowest BCUT2D eigenvalue weighted by Crippen LogP contribution is -2.50. The maximum absolute atomic E-state index is 12.4. The number of aryl methyl sites for hydroxylation is 2. The highest BCUT2D eigenvalue weighted by Crippen LogP contribution is 2.30. The largest absolute Gasteiger partial charge is 0.379 e. The number of hydrogen-bond acceptors (Lipinski definition) is 4. The summed E-state index contributed by atoms with van der Waals surface area (Å²) in [6.45, 7) is 6.13. The van der Waals surface area contributed by atoms with Crippen LogP contribution in [0.2, 0.25) is 0 Å². The van der Waals surface area contributed by atoms with E-state index >= 15 is 0 Å². The molecule has 6 heteroatoms. The Hall–Kier alpha value is -1.40. The average molecular weight is 335 g/mol. The summed E-state index contributed by atoms with van der Waals surface area (Å²) in [5.41, 5.74) is 3.32. The summed E-state index contributed by atoms with van der Waals surface area (Å²) in [6, 6.07) is -0.0268. The van der Waals surface area contributed by atoms with E-state index in [-0.39, 0.29) is 18.1 Å². The molecular formula is C18H29N3O3. The van der Waals surface area contributed by atoms with Crippen LogP contribution in [0.15, 0.2) is 0 Å². The fourth-order valence-corrected chi connectivity index (χ4v) is 3.29. The number of carbonyl (C=O) groups is 1. The summed E-state index contributed by atoms with van der Waals surface area (Å²) >= 11 is 0. The minimum Gasteiger partial charge on any atom is -0.379 e. The van der Waals surface area contributed by atoms with E-state index in [1.54, 1.807) is 0 Å². The average Bonchev–Trinajstić information content (AvgIpc) is 3.34. The minimum absolute atomic E-state index is 0.0268. The summed E-state index contributed by atoms with van der Waals surface area (Å²) in [5.74, 6) is 0.800. The van der Waals surface area contributed by atoms with Gasteiger partial charge in [-0.15, -0.1) is 0 Å². The van der Waals surface area contributed by atoms with Crippen molar-refractivity contribution in [3.05, 3.63) is 17.0 Å². The van der Waals surface area contributed by atoms with E-state index in [2.05, 4.69) is 10.4 Å². The van der Waals surface area contributed by atoms with E-state index in [1.165, 1.54) is 18.4 Å². The number of carbonyl (C=O) groups excluding carboxylic acids is 1. The molecule has 2 heterocycles. The molecule has 0 aromatic carbocycles. The van der Waals surface area contributed by atoms with E-state index < -0.39 is 0 Å². The Kier molecular flexibility index (Phi) is 5.56. The van der Waals surface area contributed by atoms with Gasteiger partial charge in [0.05, 0.1) is 24.4 Å². The first-order chi connectivity index (χ1) is 11.5. The molecule has 1 N–H and O–H groups in total. The second kappa shape index (κ2) is 7.66. The van der Waals surface area contributed by atoms with Crippen LogP contribution in [-0.2, 0) is 27.7 Å². The van der Waals surface area contributed by atoms with Gasteiger partial charge in [0.1, 0.15) is 0 Å². The SMILES string of the molecule is Cc1nn(C)c(C)c1CCC(=O)N[C@@H]1COCC[C@@H]1OCC1CC1. The number of nitrogens with one attached hydrogen (secondary N) is 1. The summed E-state index contributed by atoms with van der Waals surface area (Å²) < 4.78 is 13.4. The number of amides is 1. The molecule has 2 atom stereocenters. The lowest BCUT2D eigenvalue weighted by atomic mass is 10.0. The van der Waals surface area contributed by atoms with Crippen molar-refractivity contribution >= 4 is 5.91 Å². The van der Waals surface area contributed by atoms with Crippen molar-refractivity contribution < 1.29 is 14.3 Å². The predicted molar refractivity (Wildman–Crippen MR) is 90.8 cm³/mol. The number of aromatic nitrogens is 2. The van der Waals surface area contributed by atoms with E-state index in [1.807, 2.05) is 25.6 Å². The zero-order valence-corrected chi connectivity index (χ0v) is 15.0. The summed E-state index contributed by atoms with van der Waals surface area (Å²) in [7, 11) is 1.94. The quantitative estimate of drug-likeness (QED) is 0.823. The molecule has 0 spiro atoms. The van der Waals surface area contributed by atoms with Gasteiger partial charge in [0.2, 0.25) is 5.91 Å². The highest BCUT2D eigenvalue weighted by Gasteiger charge is 2.30. The topological polar surface area (TPSA) is 65.4 Å². The van der Waals surface area contributed by atoms with Gasteiger partial charge in [-0.1, -0.05) is 0 Å². The number of hydrogen-bond donors (Lipinski definition) is 1. The van der Waals surface area contributed by atoms with Gasteiger partial charge < -0.3 is 14.8 Å². The summed E-state index contributed by atoms with van der Waals surface area (Å²) in [6.07, 6.45) is 4.70. The van der Waals surface area contributed by atoms with Crippen molar-refractivity contribution in [1.82, 2.24) is 15.1 Å². The third-order valence-corrected chi connectivity index (χ3v) is 5.14. The van der Waals surface area contributed by atoms with Crippen molar-refractivity contribution in [2.75, 3.05) is 19.8 Å². The predicted octanol–water partition coefficient (Wildman–Crippen LogP) is 1.67. The van der Waals surface area contributed by atoms with Crippen molar-refractivity contribution in [2.45, 2.75) is 58.1 Å². The van der Waals surface area contributed by atoms with E-state index in [4.69, 9.17) is 9.47 Å². The van der Waals surface area contributed by atoms with Crippen molar-refractivity contribution in [2.24, 2.45) is 13.0 Å². The zero-order chi connectivity index (χ0) is 17.1. The first kappa shape index (κ1) is 17.4. The second-order valence-electron chi connectivity index (χ2n) is 7.13. The molecule has 1 aromatic heterocycles. The smallest absolute Gasteiger partial charge is 0.220 e. The van der Waals surface area contributed by atoms with Crippen molar-refractivity contribution in [3.63, 3.8) is 0 Å². The molecule has 1 saturated carbocycles. The Morgan fingerprint density at radius 3 is 2.83 bits per heavy atom. The van der Waals surface area contributed by atoms with Crippen LogP contribution in [0.3, 0.4) is 0 Å². The maximum Gasteiger partial charge on any atom is 0.220 e. The zero-order valence-electron chi connectivity index (χ0n) is 15.0. The van der Waals surface area contributed by atoms with Crippen LogP contribution in [0.4, 0.5) is 0 Å². The minimum atomic E-state index is -0.0268. The number of nitrogens with zero attached hydrogens (tertiary/aromatic N) is 2. The fraction of sp³-hybridized carbons (Fsp3) is 0.778. The third-order valence-electron chi connectivity index (χ3n) is 5.14. The summed E-state index contributed by atoms with van der Waals surface area (Å²) in [5, 5.41) is 7.52. The van der Waals surface area contributed by atoms with Crippen LogP contribution in [0.5, 0.6) is 0 Å². The van der Waals surface area contributed by atoms with Gasteiger partial charge in [-0.2, -0.15) is 5.10 Å². The molecule has 0 radical (unpaired) electrons. The van der Waals surface area contributed by atoms with Crippen LogP contribution in [0, 0.1) is 19.8 Å². The van der Waals surface area contributed by atoms with Crippen LogP contribution in [0.1, 0.15) is 42.6 Å². The molecule has 2 fully saturated rings. The highest BCUT2D eigenvalue weighted by atomic mass is 16.5. The fourth-order valence-electron chi connectivity index (χ4n) is 3.29. The number of ether oxygens (including phenoxy) is 2. The van der Waals surface area contributed by atoms with Gasteiger partial charge in [-0.05, 0) is 51.0 Å². The first-order valence-electron chi connectivity index (χ1n) is 9.02. The van der Waals surface area contributed by atoms with Gasteiger partial charge in [-0.25, -0.2) is 0 Å². The Labute approximate surface area is 143 Å². The van der Waals surface area contributed by atoms with Gasteiger partial charge >= 0.3 is 0 Å². The molecular weight excluding hydrogens is 306 g/mol. The Balaban J connectivity index is 1.48. The van der Waals surface area contributed by atoms with Crippen LogP contribution in [0.25, 0.3) is 0 Å². The molecule has 134 valence electrons. The molecule has 1 amide bonds. The van der Waals surface area contributed by atoms with Gasteiger partial charge in [0, 0.05) is 32.4 Å². The van der Waals surface area contributed by atoms with Crippen LogP contribution < -0.4 is 5.32 Å². The van der Waals surface area contributed by atoms with Crippen molar-refractivity contribution in [1.29, 1.82) is 0 Å². The lowest BCUT2D eigenvalue weighted by Gasteiger charge is -2.32. The van der Waals surface area contributed by atoms with Crippen LogP contribution >= 0.6 is 0 Å². The third kappa shape index (κ3) is 4.36. The molecule has 6 nitrogen and oxygen atoms in total. The Morgan fingerprint density at radius 1 is 1.38 bits per heavy atom. The second-order valence-corrected chi connectivity index (χ2v) is 7.13. The number of rotatable bonds is 7. The molecule has 2 aliphatic rings. The lowest BCUT2D eigenvalue weighted by molar-refractivity contribution is -0.126. The van der Waals surface area contributed by atoms with Gasteiger partial charge in [0.15, 0.2) is 0 Å². The molecule has 3 rings (SSSR count). The summed E-state index contributed by atoms with van der Waals surface area (Å²) in [4.78, 5) is 12.4. The van der Waals surface area contributed by atoms with Crippen LogP contribution in [-0.4, -0.2) is 47.7 Å². The molecule has 1 aliphatic heterocycles. The van der Waals surface area contributed by atoms with E-state index in [9.17, 15) is 4.79 Å². The van der Waals surface area contributed by atoms with Crippen molar-refractivity contribution in [3.8, 4) is 0 Å². The Bertz CT molecular complexity index is 580. The molecule has 1 aromatic rings. The van der Waals surface area contributed by atoms with Gasteiger partial charge in [0.25, 0.3) is 0 Å². The standard InChI is InChI=1S/C18H29N3O3/c1-12-15(13(2)21(3)20-12)6-7-18(22)19-16-11-23-9-8-17(16)24-10-14-4-5-14/h14,16-17H,4-11H2,1-3H3,(H,19,22)/t16-,17+/m1/s1. The monoisotopic (exact) mass is 335 g/mol. The van der Waals surface area contributed by atoms with E-state index in [0.717, 1.165) is 43.4 Å². The molecule has 24 heavy (non-hydrogen) atoms. The Morgan fingerprint density at radius 2 is 2.17 bits per heavy atom. The maximum atomic E-state index is 12.4. The first-order valence-corrected chi connectivity index (χ1v) is 9.02. The van der Waals surface area contributed by atoms with E-state index in [0.29, 0.717) is 13.0 Å². The molecule has 1 aliphatic carbocycles. The molecule has 0 unspecified atom stereocenters.